The molecule has 0 saturated carbocycles. The standard InChI is InChI=1S/C16H22ClNO3/c1-16(2)9-12(3-4-21-16)18-10-11-7-13(17)15-14(8-11)19-5-6-20-15/h7-8,12,18H,3-6,9-10H2,1-2H3. The Morgan fingerprint density at radius 3 is 2.86 bits per heavy atom. The summed E-state index contributed by atoms with van der Waals surface area (Å²) in [6.45, 7) is 7.00. The van der Waals surface area contributed by atoms with Gasteiger partial charge in [-0.25, -0.2) is 0 Å². The highest BCUT2D eigenvalue weighted by Gasteiger charge is 2.28. The van der Waals surface area contributed by atoms with E-state index in [0.29, 0.717) is 30.0 Å². The van der Waals surface area contributed by atoms with E-state index in [1.807, 2.05) is 12.1 Å². The minimum Gasteiger partial charge on any atom is -0.486 e. The maximum absolute atomic E-state index is 6.26. The van der Waals surface area contributed by atoms with Gasteiger partial charge in [0.2, 0.25) is 0 Å². The van der Waals surface area contributed by atoms with E-state index in [-0.39, 0.29) is 5.60 Å². The highest BCUT2D eigenvalue weighted by atomic mass is 35.5. The second-order valence-electron chi connectivity index (χ2n) is 6.28. The summed E-state index contributed by atoms with van der Waals surface area (Å²) < 4.78 is 16.9. The van der Waals surface area contributed by atoms with Crippen molar-refractivity contribution in [2.45, 2.75) is 44.9 Å². The molecule has 0 aromatic heterocycles. The number of hydrogen-bond acceptors (Lipinski definition) is 4. The van der Waals surface area contributed by atoms with Crippen LogP contribution >= 0.6 is 11.6 Å². The summed E-state index contributed by atoms with van der Waals surface area (Å²) in [5, 5.41) is 4.21. The van der Waals surface area contributed by atoms with Crippen molar-refractivity contribution < 1.29 is 14.2 Å². The zero-order valence-electron chi connectivity index (χ0n) is 12.6. The van der Waals surface area contributed by atoms with Crippen LogP contribution in [0.15, 0.2) is 12.1 Å². The second kappa shape index (κ2) is 6.03. The lowest BCUT2D eigenvalue weighted by Gasteiger charge is -2.36. The van der Waals surface area contributed by atoms with Crippen LogP contribution < -0.4 is 14.8 Å². The third kappa shape index (κ3) is 3.62. The Labute approximate surface area is 130 Å². The fourth-order valence-corrected chi connectivity index (χ4v) is 3.22. The highest BCUT2D eigenvalue weighted by molar-refractivity contribution is 6.32. The number of hydrogen-bond donors (Lipinski definition) is 1. The van der Waals surface area contributed by atoms with Crippen LogP contribution in [-0.2, 0) is 11.3 Å². The third-order valence-corrected chi connectivity index (χ3v) is 4.23. The summed E-state index contributed by atoms with van der Waals surface area (Å²) in [7, 11) is 0. The molecule has 0 amide bonds. The lowest BCUT2D eigenvalue weighted by molar-refractivity contribution is -0.0630. The molecule has 3 rings (SSSR count). The molecule has 5 heteroatoms. The lowest BCUT2D eigenvalue weighted by Crippen LogP contribution is -2.43. The monoisotopic (exact) mass is 311 g/mol. The molecule has 21 heavy (non-hydrogen) atoms. The van der Waals surface area contributed by atoms with Crippen molar-refractivity contribution in [2.24, 2.45) is 0 Å². The SMILES string of the molecule is CC1(C)CC(NCc2cc(Cl)c3c(c2)OCCO3)CCO1. The quantitative estimate of drug-likeness (QED) is 0.931. The molecule has 0 bridgehead atoms. The van der Waals surface area contributed by atoms with E-state index in [1.54, 1.807) is 0 Å². The van der Waals surface area contributed by atoms with Gasteiger partial charge in [-0.2, -0.15) is 0 Å². The third-order valence-electron chi connectivity index (χ3n) is 3.95. The van der Waals surface area contributed by atoms with Gasteiger partial charge >= 0.3 is 0 Å². The summed E-state index contributed by atoms with van der Waals surface area (Å²) in [5.41, 5.74) is 1.08. The van der Waals surface area contributed by atoms with Gasteiger partial charge in [-0.1, -0.05) is 11.6 Å². The van der Waals surface area contributed by atoms with Crippen molar-refractivity contribution in [3.63, 3.8) is 0 Å². The molecule has 2 aliphatic heterocycles. The van der Waals surface area contributed by atoms with Crippen molar-refractivity contribution in [1.82, 2.24) is 5.32 Å². The summed E-state index contributed by atoms with van der Waals surface area (Å²) in [6.07, 6.45) is 2.06. The van der Waals surface area contributed by atoms with Gasteiger partial charge in [-0.15, -0.1) is 0 Å². The number of ether oxygens (including phenoxy) is 3. The van der Waals surface area contributed by atoms with Crippen molar-refractivity contribution in [2.75, 3.05) is 19.8 Å². The smallest absolute Gasteiger partial charge is 0.179 e. The molecular formula is C16H22ClNO3. The maximum atomic E-state index is 6.26. The first kappa shape index (κ1) is 14.9. The number of nitrogens with one attached hydrogen (secondary N) is 1. The summed E-state index contributed by atoms with van der Waals surface area (Å²) in [6, 6.07) is 4.44. The molecule has 1 saturated heterocycles. The van der Waals surface area contributed by atoms with Crippen molar-refractivity contribution >= 4 is 11.6 Å². The molecule has 2 aliphatic rings. The van der Waals surface area contributed by atoms with E-state index in [1.165, 1.54) is 0 Å². The molecule has 1 atom stereocenters. The predicted octanol–water partition coefficient (Wildman–Crippen LogP) is 3.16. The van der Waals surface area contributed by atoms with Crippen LogP contribution in [0.1, 0.15) is 32.3 Å². The first-order valence-corrected chi connectivity index (χ1v) is 7.87. The van der Waals surface area contributed by atoms with Gasteiger partial charge in [0.05, 0.1) is 10.6 Å². The molecule has 0 radical (unpaired) electrons. The van der Waals surface area contributed by atoms with Crippen LogP contribution in [0.5, 0.6) is 11.5 Å². The Balaban J connectivity index is 1.64. The molecule has 1 unspecified atom stereocenters. The molecule has 116 valence electrons. The van der Waals surface area contributed by atoms with Gasteiger partial charge in [0, 0.05) is 19.2 Å². The fraction of sp³-hybridized carbons (Fsp3) is 0.625. The van der Waals surface area contributed by atoms with Gasteiger partial charge in [0.1, 0.15) is 13.2 Å². The van der Waals surface area contributed by atoms with E-state index in [0.717, 1.165) is 37.3 Å². The lowest BCUT2D eigenvalue weighted by atomic mass is 9.94. The van der Waals surface area contributed by atoms with Crippen LogP contribution in [0.2, 0.25) is 5.02 Å². The van der Waals surface area contributed by atoms with Crippen LogP contribution in [-0.4, -0.2) is 31.5 Å². The Morgan fingerprint density at radius 2 is 2.05 bits per heavy atom. The van der Waals surface area contributed by atoms with Crippen molar-refractivity contribution in [3.05, 3.63) is 22.7 Å². The Bertz CT molecular complexity index is 518. The van der Waals surface area contributed by atoms with Crippen LogP contribution in [0.3, 0.4) is 0 Å². The Hall–Kier alpha value is -0.970. The fourth-order valence-electron chi connectivity index (χ4n) is 2.93. The molecule has 1 N–H and O–H groups in total. The predicted molar refractivity (Wildman–Crippen MR) is 82.3 cm³/mol. The number of rotatable bonds is 3. The van der Waals surface area contributed by atoms with Gasteiger partial charge in [-0.05, 0) is 44.4 Å². The van der Waals surface area contributed by atoms with Crippen molar-refractivity contribution in [1.29, 1.82) is 0 Å². The first-order chi connectivity index (χ1) is 10.0. The minimum atomic E-state index is -0.0413. The van der Waals surface area contributed by atoms with Gasteiger partial charge in [0.25, 0.3) is 0 Å². The molecule has 2 heterocycles. The molecule has 1 aromatic rings. The number of fused-ring (bicyclic) bond motifs is 1. The van der Waals surface area contributed by atoms with Crippen LogP contribution in [0.4, 0.5) is 0 Å². The zero-order valence-corrected chi connectivity index (χ0v) is 13.3. The van der Waals surface area contributed by atoms with Gasteiger partial charge in [-0.3, -0.25) is 0 Å². The van der Waals surface area contributed by atoms with Crippen LogP contribution in [0, 0.1) is 0 Å². The zero-order chi connectivity index (χ0) is 14.9. The average molecular weight is 312 g/mol. The number of halogens is 1. The normalized spacial score (nSPS) is 23.9. The van der Waals surface area contributed by atoms with Crippen molar-refractivity contribution in [3.8, 4) is 11.5 Å². The van der Waals surface area contributed by atoms with Gasteiger partial charge in [0.15, 0.2) is 11.5 Å². The molecule has 0 aliphatic carbocycles. The number of benzene rings is 1. The average Bonchev–Trinajstić information content (AvgIpc) is 2.44. The maximum Gasteiger partial charge on any atom is 0.179 e. The van der Waals surface area contributed by atoms with Crippen LogP contribution in [0.25, 0.3) is 0 Å². The summed E-state index contributed by atoms with van der Waals surface area (Å²) in [5.74, 6) is 1.41. The molecule has 4 nitrogen and oxygen atoms in total. The van der Waals surface area contributed by atoms with E-state index in [2.05, 4.69) is 19.2 Å². The minimum absolute atomic E-state index is 0.0413. The molecule has 0 spiro atoms. The largest absolute Gasteiger partial charge is 0.486 e. The van der Waals surface area contributed by atoms with E-state index < -0.39 is 0 Å². The first-order valence-electron chi connectivity index (χ1n) is 7.49. The topological polar surface area (TPSA) is 39.7 Å². The molecular weight excluding hydrogens is 290 g/mol. The van der Waals surface area contributed by atoms with E-state index in [9.17, 15) is 0 Å². The molecule has 1 aromatic carbocycles. The van der Waals surface area contributed by atoms with Gasteiger partial charge < -0.3 is 19.5 Å². The Morgan fingerprint density at radius 1 is 1.24 bits per heavy atom. The summed E-state index contributed by atoms with van der Waals surface area (Å²) >= 11 is 6.26. The Kier molecular flexibility index (Phi) is 4.29. The second-order valence-corrected chi connectivity index (χ2v) is 6.69. The molecule has 1 fully saturated rings. The highest BCUT2D eigenvalue weighted by Crippen LogP contribution is 2.38. The van der Waals surface area contributed by atoms with E-state index >= 15 is 0 Å². The van der Waals surface area contributed by atoms with E-state index in [4.69, 9.17) is 25.8 Å². The summed E-state index contributed by atoms with van der Waals surface area (Å²) in [4.78, 5) is 0.